The first kappa shape index (κ1) is 11.1. The highest BCUT2D eigenvalue weighted by atomic mass is 16.1. The lowest BCUT2D eigenvalue weighted by Crippen LogP contribution is -2.36. The molecule has 0 atom stereocenters. The molecule has 0 saturated carbocycles. The van der Waals surface area contributed by atoms with E-state index in [1.165, 1.54) is 6.33 Å². The van der Waals surface area contributed by atoms with Gasteiger partial charge in [-0.15, -0.1) is 0 Å². The van der Waals surface area contributed by atoms with E-state index in [0.717, 1.165) is 37.3 Å². The number of carbonyl (C=O) groups excluding carboxylic acids is 1. The van der Waals surface area contributed by atoms with Crippen molar-refractivity contribution in [1.82, 2.24) is 19.9 Å². The number of H-pyrrole nitrogens is 1. The molecular formula is C12H15N5O. The molecule has 2 aromatic rings. The molecule has 1 fully saturated rings. The Morgan fingerprint density at radius 3 is 2.83 bits per heavy atom. The Labute approximate surface area is 104 Å². The molecular weight excluding hydrogens is 230 g/mol. The molecule has 1 N–H and O–H groups in total. The quantitative estimate of drug-likeness (QED) is 0.859. The Kier molecular flexibility index (Phi) is 2.70. The number of nitrogens with one attached hydrogen (secondary N) is 1. The lowest BCUT2D eigenvalue weighted by Gasteiger charge is -2.31. The van der Waals surface area contributed by atoms with E-state index in [2.05, 4.69) is 24.8 Å². The number of nitrogens with zero attached hydrogens (tertiary/aromatic N) is 4. The minimum absolute atomic E-state index is 0.209. The summed E-state index contributed by atoms with van der Waals surface area (Å²) in [4.78, 5) is 29.2. The maximum absolute atomic E-state index is 11.4. The fourth-order valence-electron chi connectivity index (χ4n) is 2.49. The molecule has 1 saturated heterocycles. The van der Waals surface area contributed by atoms with E-state index in [1.807, 2.05) is 0 Å². The van der Waals surface area contributed by atoms with Crippen LogP contribution in [-0.4, -0.2) is 38.8 Å². The van der Waals surface area contributed by atoms with Crippen LogP contribution >= 0.6 is 0 Å². The van der Waals surface area contributed by atoms with Crippen LogP contribution in [0.1, 0.15) is 19.8 Å². The number of aromatic amines is 1. The summed E-state index contributed by atoms with van der Waals surface area (Å²) < 4.78 is 0. The van der Waals surface area contributed by atoms with Crippen LogP contribution in [0.3, 0.4) is 0 Å². The van der Waals surface area contributed by atoms with Crippen LogP contribution < -0.4 is 4.90 Å². The molecule has 3 heterocycles. The third kappa shape index (κ3) is 1.83. The Morgan fingerprint density at radius 2 is 2.11 bits per heavy atom. The van der Waals surface area contributed by atoms with Gasteiger partial charge in [0, 0.05) is 19.0 Å². The molecule has 0 spiro atoms. The van der Waals surface area contributed by atoms with Crippen molar-refractivity contribution in [2.75, 3.05) is 18.0 Å². The van der Waals surface area contributed by atoms with Gasteiger partial charge in [0.2, 0.25) is 0 Å². The monoisotopic (exact) mass is 245 g/mol. The van der Waals surface area contributed by atoms with Gasteiger partial charge in [-0.2, -0.15) is 0 Å². The number of carbonyl (C=O) groups is 1. The van der Waals surface area contributed by atoms with E-state index >= 15 is 0 Å². The molecule has 0 bridgehead atoms. The van der Waals surface area contributed by atoms with E-state index in [1.54, 1.807) is 13.3 Å². The Bertz CT molecular complexity index is 571. The Balaban J connectivity index is 1.84. The SMILES string of the molecule is CC(=O)C1CCN(c2ncnc3nc[nH]c23)CC1. The summed E-state index contributed by atoms with van der Waals surface area (Å²) in [6.45, 7) is 3.39. The predicted molar refractivity (Wildman–Crippen MR) is 67.3 cm³/mol. The average Bonchev–Trinajstić information content (AvgIpc) is 2.87. The van der Waals surface area contributed by atoms with Gasteiger partial charge in [-0.05, 0) is 19.8 Å². The third-order valence-electron chi connectivity index (χ3n) is 3.57. The largest absolute Gasteiger partial charge is 0.355 e. The molecule has 3 rings (SSSR count). The summed E-state index contributed by atoms with van der Waals surface area (Å²) >= 11 is 0. The molecule has 0 aromatic carbocycles. The van der Waals surface area contributed by atoms with Crippen molar-refractivity contribution >= 4 is 22.8 Å². The van der Waals surface area contributed by atoms with Crippen molar-refractivity contribution < 1.29 is 4.79 Å². The standard InChI is InChI=1S/C12H15N5O/c1-8(18)9-2-4-17(5-3-9)12-10-11(14-6-13-10)15-7-16-12/h6-7,9H,2-5H2,1H3,(H,13,14,15,16). The number of Topliss-reactive ketones (excluding diaryl/α,β-unsaturated/α-hetero) is 1. The van der Waals surface area contributed by atoms with Crippen LogP contribution in [0.15, 0.2) is 12.7 Å². The van der Waals surface area contributed by atoms with Gasteiger partial charge in [0.05, 0.1) is 6.33 Å². The second-order valence-electron chi connectivity index (χ2n) is 4.67. The van der Waals surface area contributed by atoms with Crippen LogP contribution in [0.25, 0.3) is 11.2 Å². The van der Waals surface area contributed by atoms with Crippen molar-refractivity contribution in [3.05, 3.63) is 12.7 Å². The fourth-order valence-corrected chi connectivity index (χ4v) is 2.49. The summed E-state index contributed by atoms with van der Waals surface area (Å²) in [5.74, 6) is 1.39. The fraction of sp³-hybridized carbons (Fsp3) is 0.500. The van der Waals surface area contributed by atoms with E-state index in [0.29, 0.717) is 11.4 Å². The first-order valence-corrected chi connectivity index (χ1v) is 6.15. The van der Waals surface area contributed by atoms with Crippen molar-refractivity contribution in [3.63, 3.8) is 0 Å². The summed E-state index contributed by atoms with van der Waals surface area (Å²) in [6, 6.07) is 0. The molecule has 18 heavy (non-hydrogen) atoms. The van der Waals surface area contributed by atoms with E-state index < -0.39 is 0 Å². The lowest BCUT2D eigenvalue weighted by molar-refractivity contribution is -0.121. The van der Waals surface area contributed by atoms with Crippen molar-refractivity contribution in [2.24, 2.45) is 5.92 Å². The van der Waals surface area contributed by atoms with Crippen LogP contribution in [0.4, 0.5) is 5.82 Å². The number of hydrogen-bond donors (Lipinski definition) is 1. The van der Waals surface area contributed by atoms with Crippen LogP contribution in [0, 0.1) is 5.92 Å². The first-order valence-electron chi connectivity index (χ1n) is 6.15. The maximum Gasteiger partial charge on any atom is 0.182 e. The van der Waals surface area contributed by atoms with Crippen molar-refractivity contribution in [2.45, 2.75) is 19.8 Å². The second kappa shape index (κ2) is 4.36. The molecule has 0 unspecified atom stereocenters. The number of anilines is 1. The van der Waals surface area contributed by atoms with Gasteiger partial charge in [0.15, 0.2) is 11.5 Å². The topological polar surface area (TPSA) is 74.8 Å². The van der Waals surface area contributed by atoms with E-state index in [9.17, 15) is 4.79 Å². The minimum atomic E-state index is 0.209. The zero-order valence-electron chi connectivity index (χ0n) is 10.3. The highest BCUT2D eigenvalue weighted by Crippen LogP contribution is 2.25. The second-order valence-corrected chi connectivity index (χ2v) is 4.67. The van der Waals surface area contributed by atoms with Gasteiger partial charge in [-0.3, -0.25) is 4.79 Å². The number of aromatic nitrogens is 4. The van der Waals surface area contributed by atoms with Gasteiger partial charge in [0.25, 0.3) is 0 Å². The summed E-state index contributed by atoms with van der Waals surface area (Å²) in [7, 11) is 0. The van der Waals surface area contributed by atoms with Gasteiger partial charge < -0.3 is 9.88 Å². The van der Waals surface area contributed by atoms with Gasteiger partial charge in [0.1, 0.15) is 17.6 Å². The minimum Gasteiger partial charge on any atom is -0.355 e. The summed E-state index contributed by atoms with van der Waals surface area (Å²) in [5, 5.41) is 0. The summed E-state index contributed by atoms with van der Waals surface area (Å²) in [5.41, 5.74) is 1.56. The van der Waals surface area contributed by atoms with Crippen LogP contribution in [-0.2, 0) is 4.79 Å². The van der Waals surface area contributed by atoms with E-state index in [4.69, 9.17) is 0 Å². The highest BCUT2D eigenvalue weighted by Gasteiger charge is 2.24. The van der Waals surface area contributed by atoms with Crippen molar-refractivity contribution in [3.8, 4) is 0 Å². The highest BCUT2D eigenvalue weighted by molar-refractivity contribution is 5.83. The molecule has 0 aliphatic carbocycles. The number of piperidine rings is 1. The molecule has 0 amide bonds. The maximum atomic E-state index is 11.4. The number of fused-ring (bicyclic) bond motifs is 1. The van der Waals surface area contributed by atoms with Crippen molar-refractivity contribution in [1.29, 1.82) is 0 Å². The van der Waals surface area contributed by atoms with Gasteiger partial charge >= 0.3 is 0 Å². The molecule has 1 aliphatic rings. The number of hydrogen-bond acceptors (Lipinski definition) is 5. The summed E-state index contributed by atoms with van der Waals surface area (Å²) in [6.07, 6.45) is 4.96. The average molecular weight is 245 g/mol. The molecule has 0 radical (unpaired) electrons. The molecule has 1 aliphatic heterocycles. The first-order chi connectivity index (χ1) is 8.75. The zero-order valence-corrected chi connectivity index (χ0v) is 10.3. The number of ketones is 1. The van der Waals surface area contributed by atoms with Gasteiger partial charge in [-0.1, -0.05) is 0 Å². The zero-order chi connectivity index (χ0) is 12.5. The van der Waals surface area contributed by atoms with Crippen LogP contribution in [0.2, 0.25) is 0 Å². The third-order valence-corrected chi connectivity index (χ3v) is 3.57. The molecule has 6 heteroatoms. The van der Waals surface area contributed by atoms with E-state index in [-0.39, 0.29) is 5.92 Å². The smallest absolute Gasteiger partial charge is 0.182 e. The molecule has 2 aromatic heterocycles. The van der Waals surface area contributed by atoms with Crippen LogP contribution in [0.5, 0.6) is 0 Å². The van der Waals surface area contributed by atoms with Gasteiger partial charge in [-0.25, -0.2) is 15.0 Å². The molecule has 94 valence electrons. The Hall–Kier alpha value is -1.98. The molecule has 6 nitrogen and oxygen atoms in total. The number of imidazole rings is 1. The lowest BCUT2D eigenvalue weighted by atomic mass is 9.93. The Morgan fingerprint density at radius 1 is 1.33 bits per heavy atom. The predicted octanol–water partition coefficient (Wildman–Crippen LogP) is 1.16. The number of rotatable bonds is 2. The normalized spacial score (nSPS) is 17.3.